The molecule has 11 heteroatoms. The van der Waals surface area contributed by atoms with Crippen LogP contribution in [0.2, 0.25) is 0 Å². The van der Waals surface area contributed by atoms with E-state index < -0.39 is 47.3 Å². The van der Waals surface area contributed by atoms with Crippen molar-refractivity contribution in [3.63, 3.8) is 0 Å². The number of nitrogens with zero attached hydrogens (tertiary/aromatic N) is 2. The summed E-state index contributed by atoms with van der Waals surface area (Å²) in [4.78, 5) is 26.7. The van der Waals surface area contributed by atoms with Gasteiger partial charge in [-0.05, 0) is 81.5 Å². The van der Waals surface area contributed by atoms with Gasteiger partial charge in [-0.2, -0.15) is 13.2 Å². The van der Waals surface area contributed by atoms with Crippen molar-refractivity contribution in [3.8, 4) is 0 Å². The zero-order valence-corrected chi connectivity index (χ0v) is 22.7. The van der Waals surface area contributed by atoms with E-state index in [1.54, 1.807) is 26.0 Å². The van der Waals surface area contributed by atoms with Gasteiger partial charge >= 0.3 is 6.18 Å². The third-order valence-corrected chi connectivity index (χ3v) is 9.60. The molecular formula is C27H35F3N2O5S. The zero-order valence-electron chi connectivity index (χ0n) is 21.8. The number of carbonyl (C=O) groups is 2. The Balaban J connectivity index is 1.67. The molecule has 0 bridgehead atoms. The molecule has 2 heterocycles. The van der Waals surface area contributed by atoms with Crippen LogP contribution < -0.4 is 0 Å². The molecule has 38 heavy (non-hydrogen) atoms. The molecule has 1 aromatic heterocycles. The molecule has 1 atom stereocenters. The molecule has 1 fully saturated rings. The number of hydrogen-bond donors (Lipinski definition) is 0. The number of ether oxygens (including phenoxy) is 1. The molecule has 1 aliphatic carbocycles. The molecule has 1 aliphatic heterocycles. The fourth-order valence-corrected chi connectivity index (χ4v) is 7.05. The SMILES string of the molecule is CCN(CC(=O)CCC(F)(F)F)C(=O)c1ccc2c(c1)c1c(n2S(=O)(=O)CC)CCC(C2CCOCC2)C1. The van der Waals surface area contributed by atoms with E-state index in [0.29, 0.717) is 35.6 Å². The predicted octanol–water partition coefficient (Wildman–Crippen LogP) is 4.74. The lowest BCUT2D eigenvalue weighted by Crippen LogP contribution is -2.35. The van der Waals surface area contributed by atoms with E-state index in [-0.39, 0.29) is 17.9 Å². The van der Waals surface area contributed by atoms with E-state index in [4.69, 9.17) is 4.74 Å². The molecule has 1 saturated heterocycles. The number of alkyl halides is 3. The van der Waals surface area contributed by atoms with Crippen LogP contribution in [-0.2, 0) is 32.4 Å². The summed E-state index contributed by atoms with van der Waals surface area (Å²) in [6, 6.07) is 4.86. The molecule has 210 valence electrons. The number of hydrogen-bond acceptors (Lipinski definition) is 5. The van der Waals surface area contributed by atoms with Crippen LogP contribution >= 0.6 is 0 Å². The van der Waals surface area contributed by atoms with Crippen molar-refractivity contribution in [1.29, 1.82) is 0 Å². The van der Waals surface area contributed by atoms with Crippen molar-refractivity contribution in [2.45, 2.75) is 65.0 Å². The average Bonchev–Trinajstić information content (AvgIpc) is 3.24. The average molecular weight is 557 g/mol. The molecule has 1 amide bonds. The number of amides is 1. The van der Waals surface area contributed by atoms with E-state index in [9.17, 15) is 31.2 Å². The van der Waals surface area contributed by atoms with Crippen LogP contribution in [0, 0.1) is 11.8 Å². The summed E-state index contributed by atoms with van der Waals surface area (Å²) in [5.41, 5.74) is 2.53. The maximum absolute atomic E-state index is 13.3. The van der Waals surface area contributed by atoms with Crippen molar-refractivity contribution in [2.24, 2.45) is 11.8 Å². The third-order valence-electron chi connectivity index (χ3n) is 7.90. The number of carbonyl (C=O) groups excluding carboxylic acids is 2. The number of rotatable bonds is 9. The smallest absolute Gasteiger partial charge is 0.381 e. The van der Waals surface area contributed by atoms with E-state index in [1.165, 1.54) is 14.9 Å². The normalized spacial score (nSPS) is 18.9. The lowest BCUT2D eigenvalue weighted by molar-refractivity contribution is -0.143. The fourth-order valence-electron chi connectivity index (χ4n) is 5.80. The third kappa shape index (κ3) is 6.09. The minimum absolute atomic E-state index is 0.0586. The highest BCUT2D eigenvalue weighted by molar-refractivity contribution is 7.90. The highest BCUT2D eigenvalue weighted by Gasteiger charge is 2.34. The lowest BCUT2D eigenvalue weighted by atomic mass is 9.75. The fraction of sp³-hybridized carbons (Fsp3) is 0.630. The lowest BCUT2D eigenvalue weighted by Gasteiger charge is -2.33. The van der Waals surface area contributed by atoms with Gasteiger partial charge in [0.15, 0.2) is 5.78 Å². The number of fused-ring (bicyclic) bond motifs is 3. The van der Waals surface area contributed by atoms with Crippen LogP contribution in [0.3, 0.4) is 0 Å². The van der Waals surface area contributed by atoms with Gasteiger partial charge in [-0.3, -0.25) is 9.59 Å². The molecular weight excluding hydrogens is 521 g/mol. The monoisotopic (exact) mass is 556 g/mol. The van der Waals surface area contributed by atoms with Gasteiger partial charge in [-0.1, -0.05) is 0 Å². The van der Waals surface area contributed by atoms with Gasteiger partial charge in [0.25, 0.3) is 5.91 Å². The van der Waals surface area contributed by atoms with E-state index in [0.717, 1.165) is 43.7 Å². The van der Waals surface area contributed by atoms with Crippen molar-refractivity contribution >= 4 is 32.6 Å². The molecule has 0 N–H and O–H groups in total. The molecule has 0 saturated carbocycles. The molecule has 7 nitrogen and oxygen atoms in total. The van der Waals surface area contributed by atoms with E-state index in [2.05, 4.69) is 0 Å². The second-order valence-electron chi connectivity index (χ2n) is 10.2. The van der Waals surface area contributed by atoms with Crippen LogP contribution in [0.15, 0.2) is 18.2 Å². The standard InChI is InChI=1S/C27H35F3N2O5S/c1-3-31(17-21(33)9-12-27(28,29)30)26(34)20-6-8-25-23(16-20)22-15-19(18-10-13-37-14-11-18)5-7-24(22)32(25)38(35,36)4-2/h6,8,16,18-19H,3-5,7,9-15,17H2,1-2H3. The van der Waals surface area contributed by atoms with Gasteiger partial charge < -0.3 is 9.64 Å². The van der Waals surface area contributed by atoms with Crippen LogP contribution in [0.1, 0.15) is 67.6 Å². The van der Waals surface area contributed by atoms with Crippen molar-refractivity contribution in [2.75, 3.05) is 32.1 Å². The minimum Gasteiger partial charge on any atom is -0.381 e. The number of ketones is 1. The Bertz CT molecular complexity index is 1300. The van der Waals surface area contributed by atoms with Gasteiger partial charge in [0.1, 0.15) is 0 Å². The Morgan fingerprint density at radius 1 is 1.11 bits per heavy atom. The van der Waals surface area contributed by atoms with E-state index in [1.807, 2.05) is 0 Å². The zero-order chi connectivity index (χ0) is 27.7. The maximum atomic E-state index is 13.3. The largest absolute Gasteiger partial charge is 0.389 e. The molecule has 2 aromatic rings. The van der Waals surface area contributed by atoms with Crippen LogP contribution in [0.5, 0.6) is 0 Å². The Morgan fingerprint density at radius 2 is 1.82 bits per heavy atom. The Labute approximate surface area is 221 Å². The molecule has 1 unspecified atom stereocenters. The first-order valence-electron chi connectivity index (χ1n) is 13.3. The highest BCUT2D eigenvalue weighted by Crippen LogP contribution is 2.40. The second-order valence-corrected chi connectivity index (χ2v) is 12.4. The topological polar surface area (TPSA) is 85.7 Å². The van der Waals surface area contributed by atoms with Gasteiger partial charge in [0.05, 0.1) is 24.2 Å². The molecule has 0 spiro atoms. The Morgan fingerprint density at radius 3 is 2.45 bits per heavy atom. The predicted molar refractivity (Wildman–Crippen MR) is 138 cm³/mol. The quantitative estimate of drug-likeness (QED) is 0.445. The molecule has 4 rings (SSSR count). The van der Waals surface area contributed by atoms with Gasteiger partial charge in [0, 0.05) is 42.8 Å². The van der Waals surface area contributed by atoms with Crippen LogP contribution in [0.25, 0.3) is 10.9 Å². The summed E-state index contributed by atoms with van der Waals surface area (Å²) in [5, 5.41) is 0.707. The number of halogens is 3. The first kappa shape index (κ1) is 28.6. The molecule has 0 radical (unpaired) electrons. The number of likely N-dealkylation sites (N-methyl/N-ethyl adjacent to an activating group) is 1. The highest BCUT2D eigenvalue weighted by atomic mass is 32.2. The first-order valence-corrected chi connectivity index (χ1v) is 14.9. The number of Topliss-reactive ketones (excluding diaryl/α,β-unsaturated/α-hetero) is 1. The number of benzene rings is 1. The Hall–Kier alpha value is -2.40. The van der Waals surface area contributed by atoms with Gasteiger partial charge in [-0.15, -0.1) is 0 Å². The molecule has 2 aliphatic rings. The summed E-state index contributed by atoms with van der Waals surface area (Å²) in [6.07, 6.45) is -2.14. The van der Waals surface area contributed by atoms with Gasteiger partial charge in [-0.25, -0.2) is 12.4 Å². The van der Waals surface area contributed by atoms with Crippen LogP contribution in [0.4, 0.5) is 13.2 Å². The summed E-state index contributed by atoms with van der Waals surface area (Å²) in [7, 11) is -3.59. The summed E-state index contributed by atoms with van der Waals surface area (Å²) < 4.78 is 70.7. The van der Waals surface area contributed by atoms with Gasteiger partial charge in [0.2, 0.25) is 10.0 Å². The van der Waals surface area contributed by atoms with E-state index >= 15 is 0 Å². The summed E-state index contributed by atoms with van der Waals surface area (Å²) >= 11 is 0. The summed E-state index contributed by atoms with van der Waals surface area (Å²) in [5.74, 6) is -0.285. The van der Waals surface area contributed by atoms with Crippen molar-refractivity contribution < 1.29 is 35.9 Å². The molecule has 1 aromatic carbocycles. The minimum atomic E-state index is -4.44. The second kappa shape index (κ2) is 11.4. The van der Waals surface area contributed by atoms with Crippen molar-refractivity contribution in [1.82, 2.24) is 8.87 Å². The maximum Gasteiger partial charge on any atom is 0.389 e. The summed E-state index contributed by atoms with van der Waals surface area (Å²) in [6.45, 7) is 4.48. The Kier molecular flexibility index (Phi) is 8.56. The first-order chi connectivity index (χ1) is 17.9. The number of aromatic nitrogens is 1. The van der Waals surface area contributed by atoms with Crippen LogP contribution in [-0.4, -0.2) is 67.2 Å². The van der Waals surface area contributed by atoms with Crippen molar-refractivity contribution in [3.05, 3.63) is 35.0 Å².